The maximum atomic E-state index is 5.61. The fourth-order valence-corrected chi connectivity index (χ4v) is 3.21. The van der Waals surface area contributed by atoms with Crippen LogP contribution >= 0.6 is 0 Å². The standard InChI is InChI=1S/C17H21N7O/c1-11-12(2)21-17(20-11)14-7-13(25-3)10-23(14)15-8-18-9-16(22-15)24-6-4-5-19-24/h4-6,8-9,13-14H,7,10H2,1-3H3,(H,20,21)/t13-,14+/m1/s1. The lowest BCUT2D eigenvalue weighted by Gasteiger charge is -2.24. The van der Waals surface area contributed by atoms with Crippen LogP contribution in [-0.4, -0.2) is 49.5 Å². The van der Waals surface area contributed by atoms with Crippen molar-refractivity contribution in [3.8, 4) is 5.82 Å². The Labute approximate surface area is 145 Å². The van der Waals surface area contributed by atoms with Crippen molar-refractivity contribution in [2.24, 2.45) is 0 Å². The number of anilines is 1. The van der Waals surface area contributed by atoms with Crippen LogP contribution in [0.15, 0.2) is 30.9 Å². The quantitative estimate of drug-likeness (QED) is 0.782. The summed E-state index contributed by atoms with van der Waals surface area (Å²) in [4.78, 5) is 19.4. The molecule has 1 fully saturated rings. The third-order valence-electron chi connectivity index (χ3n) is 4.70. The molecule has 0 saturated carbocycles. The van der Waals surface area contributed by atoms with Gasteiger partial charge >= 0.3 is 0 Å². The summed E-state index contributed by atoms with van der Waals surface area (Å²) in [6, 6.07) is 1.95. The summed E-state index contributed by atoms with van der Waals surface area (Å²) in [6.45, 7) is 4.80. The lowest BCUT2D eigenvalue weighted by molar-refractivity contribution is 0.118. The van der Waals surface area contributed by atoms with Crippen molar-refractivity contribution in [1.82, 2.24) is 29.7 Å². The Morgan fingerprint density at radius 3 is 2.72 bits per heavy atom. The fourth-order valence-electron chi connectivity index (χ4n) is 3.21. The number of hydrogen-bond acceptors (Lipinski definition) is 6. The minimum Gasteiger partial charge on any atom is -0.380 e. The Morgan fingerprint density at radius 2 is 2.04 bits per heavy atom. The molecule has 1 N–H and O–H groups in total. The van der Waals surface area contributed by atoms with Crippen LogP contribution in [-0.2, 0) is 4.74 Å². The molecule has 25 heavy (non-hydrogen) atoms. The topological polar surface area (TPSA) is 84.8 Å². The molecule has 2 atom stereocenters. The van der Waals surface area contributed by atoms with Gasteiger partial charge in [0.2, 0.25) is 0 Å². The number of hydrogen-bond donors (Lipinski definition) is 1. The van der Waals surface area contributed by atoms with Gasteiger partial charge in [0, 0.05) is 38.2 Å². The van der Waals surface area contributed by atoms with Crippen LogP contribution in [0.2, 0.25) is 0 Å². The average Bonchev–Trinajstić information content (AvgIpc) is 3.35. The van der Waals surface area contributed by atoms with E-state index in [2.05, 4.69) is 20.0 Å². The number of aromatic amines is 1. The molecular weight excluding hydrogens is 318 g/mol. The predicted octanol–water partition coefficient (Wildman–Crippen LogP) is 1.97. The van der Waals surface area contributed by atoms with Crippen LogP contribution in [0.4, 0.5) is 5.82 Å². The highest BCUT2D eigenvalue weighted by atomic mass is 16.5. The van der Waals surface area contributed by atoms with Crippen LogP contribution < -0.4 is 4.90 Å². The molecule has 0 radical (unpaired) electrons. The van der Waals surface area contributed by atoms with Crippen molar-refractivity contribution in [2.75, 3.05) is 18.6 Å². The first-order valence-electron chi connectivity index (χ1n) is 8.30. The molecule has 1 aliphatic rings. The van der Waals surface area contributed by atoms with Gasteiger partial charge in [-0.3, -0.25) is 4.98 Å². The Hall–Kier alpha value is -2.74. The van der Waals surface area contributed by atoms with Gasteiger partial charge in [-0.25, -0.2) is 14.6 Å². The van der Waals surface area contributed by atoms with E-state index in [1.807, 2.05) is 26.1 Å². The molecule has 0 amide bonds. The number of nitrogens with zero attached hydrogens (tertiary/aromatic N) is 6. The van der Waals surface area contributed by atoms with Crippen molar-refractivity contribution in [1.29, 1.82) is 0 Å². The number of ether oxygens (including phenoxy) is 1. The molecule has 3 aromatic rings. The Morgan fingerprint density at radius 1 is 1.20 bits per heavy atom. The van der Waals surface area contributed by atoms with Crippen LogP contribution in [0.5, 0.6) is 0 Å². The van der Waals surface area contributed by atoms with E-state index in [1.165, 1.54) is 0 Å². The molecule has 3 aromatic heterocycles. The highest BCUT2D eigenvalue weighted by Crippen LogP contribution is 2.35. The van der Waals surface area contributed by atoms with E-state index in [4.69, 9.17) is 14.7 Å². The molecule has 4 rings (SSSR count). The molecule has 0 unspecified atom stereocenters. The second kappa shape index (κ2) is 6.29. The Kier molecular flexibility index (Phi) is 3.96. The summed E-state index contributed by atoms with van der Waals surface area (Å²) >= 11 is 0. The van der Waals surface area contributed by atoms with E-state index in [9.17, 15) is 0 Å². The average molecular weight is 339 g/mol. The molecule has 0 spiro atoms. The van der Waals surface area contributed by atoms with Gasteiger partial charge in [0.15, 0.2) is 5.82 Å². The first-order valence-corrected chi connectivity index (χ1v) is 8.30. The molecule has 8 nitrogen and oxygen atoms in total. The molecular formula is C17H21N7O. The predicted molar refractivity (Wildman–Crippen MR) is 92.7 cm³/mol. The molecule has 0 aromatic carbocycles. The monoisotopic (exact) mass is 339 g/mol. The van der Waals surface area contributed by atoms with Gasteiger partial charge < -0.3 is 14.6 Å². The van der Waals surface area contributed by atoms with Gasteiger partial charge in [-0.1, -0.05) is 0 Å². The fraction of sp³-hybridized carbons (Fsp3) is 0.412. The van der Waals surface area contributed by atoms with Crippen LogP contribution in [0.3, 0.4) is 0 Å². The maximum absolute atomic E-state index is 5.61. The van der Waals surface area contributed by atoms with Gasteiger partial charge in [-0.2, -0.15) is 5.10 Å². The van der Waals surface area contributed by atoms with E-state index < -0.39 is 0 Å². The largest absolute Gasteiger partial charge is 0.380 e. The lowest BCUT2D eigenvalue weighted by Crippen LogP contribution is -2.26. The minimum atomic E-state index is 0.0829. The highest BCUT2D eigenvalue weighted by Gasteiger charge is 2.36. The number of aryl methyl sites for hydroxylation is 2. The number of H-pyrrole nitrogens is 1. The van der Waals surface area contributed by atoms with Gasteiger partial charge in [-0.15, -0.1) is 0 Å². The zero-order chi connectivity index (χ0) is 17.4. The van der Waals surface area contributed by atoms with E-state index in [0.29, 0.717) is 5.82 Å². The Bertz CT molecular complexity index is 838. The maximum Gasteiger partial charge on any atom is 0.173 e. The van der Waals surface area contributed by atoms with E-state index in [1.54, 1.807) is 30.4 Å². The smallest absolute Gasteiger partial charge is 0.173 e. The summed E-state index contributed by atoms with van der Waals surface area (Å²) < 4.78 is 7.31. The van der Waals surface area contributed by atoms with Crippen molar-refractivity contribution < 1.29 is 4.74 Å². The molecule has 130 valence electrons. The van der Waals surface area contributed by atoms with E-state index >= 15 is 0 Å². The number of methoxy groups -OCH3 is 1. The molecule has 4 heterocycles. The molecule has 1 aliphatic heterocycles. The van der Waals surface area contributed by atoms with Gasteiger partial charge in [0.1, 0.15) is 11.6 Å². The molecule has 0 bridgehead atoms. The zero-order valence-corrected chi connectivity index (χ0v) is 14.5. The second-order valence-electron chi connectivity index (χ2n) is 6.28. The minimum absolute atomic E-state index is 0.0829. The summed E-state index contributed by atoms with van der Waals surface area (Å²) in [7, 11) is 1.75. The molecule has 0 aliphatic carbocycles. The van der Waals surface area contributed by atoms with Gasteiger partial charge in [0.05, 0.1) is 30.2 Å². The van der Waals surface area contributed by atoms with E-state index in [0.717, 1.165) is 36.0 Å². The van der Waals surface area contributed by atoms with Gasteiger partial charge in [0.25, 0.3) is 0 Å². The van der Waals surface area contributed by atoms with Crippen LogP contribution in [0.1, 0.15) is 29.7 Å². The normalized spacial score (nSPS) is 20.4. The van der Waals surface area contributed by atoms with Crippen molar-refractivity contribution in [2.45, 2.75) is 32.4 Å². The van der Waals surface area contributed by atoms with Crippen LogP contribution in [0.25, 0.3) is 5.82 Å². The van der Waals surface area contributed by atoms with Crippen molar-refractivity contribution in [3.05, 3.63) is 48.1 Å². The molecule has 1 saturated heterocycles. The highest BCUT2D eigenvalue weighted by molar-refractivity contribution is 5.44. The summed E-state index contributed by atoms with van der Waals surface area (Å²) in [5, 5.41) is 4.23. The van der Waals surface area contributed by atoms with Crippen molar-refractivity contribution >= 4 is 5.82 Å². The number of imidazole rings is 1. The lowest BCUT2D eigenvalue weighted by atomic mass is 10.2. The first kappa shape index (κ1) is 15.8. The van der Waals surface area contributed by atoms with Crippen molar-refractivity contribution in [3.63, 3.8) is 0 Å². The summed E-state index contributed by atoms with van der Waals surface area (Å²) in [6.07, 6.45) is 8.05. The summed E-state index contributed by atoms with van der Waals surface area (Å²) in [5.74, 6) is 2.43. The molecule has 8 heteroatoms. The Balaban J connectivity index is 1.70. The summed E-state index contributed by atoms with van der Waals surface area (Å²) in [5.41, 5.74) is 2.11. The van der Waals surface area contributed by atoms with E-state index in [-0.39, 0.29) is 12.1 Å². The second-order valence-corrected chi connectivity index (χ2v) is 6.28. The number of rotatable bonds is 4. The third kappa shape index (κ3) is 2.89. The first-order chi connectivity index (χ1) is 12.2. The zero-order valence-electron chi connectivity index (χ0n) is 14.5. The third-order valence-corrected chi connectivity index (χ3v) is 4.70. The number of aromatic nitrogens is 6. The van der Waals surface area contributed by atoms with Gasteiger partial charge in [-0.05, 0) is 19.9 Å². The number of nitrogens with one attached hydrogen (secondary N) is 1. The van der Waals surface area contributed by atoms with Crippen LogP contribution in [0, 0.1) is 13.8 Å². The SMILES string of the molecule is CO[C@@H]1C[C@@H](c2nc(C)c(C)[nH]2)N(c2cncc(-n3cccn3)n2)C1.